The summed E-state index contributed by atoms with van der Waals surface area (Å²) < 4.78 is 32.5. The van der Waals surface area contributed by atoms with Crippen molar-refractivity contribution in [1.82, 2.24) is 4.72 Å². The van der Waals surface area contributed by atoms with E-state index in [-0.39, 0.29) is 10.8 Å². The Balaban J connectivity index is 2.03. The highest BCUT2D eigenvalue weighted by Gasteiger charge is 2.19. The Morgan fingerprint density at radius 3 is 2.41 bits per heavy atom. The molecule has 0 aromatic heterocycles. The molecule has 0 bridgehead atoms. The molecule has 0 radical (unpaired) electrons. The Bertz CT molecular complexity index is 864. The number of carbonyl (C=O) groups excluding carboxylic acids is 1. The topological polar surface area (TPSA) is 84.5 Å². The molecule has 2 rings (SSSR count). The molecule has 1 unspecified atom stereocenters. The summed E-state index contributed by atoms with van der Waals surface area (Å²) in [4.78, 5) is 12.7. The van der Waals surface area contributed by atoms with Crippen LogP contribution in [0.3, 0.4) is 0 Å². The van der Waals surface area contributed by atoms with E-state index in [2.05, 4.69) is 10.0 Å². The molecule has 0 aliphatic heterocycles. The predicted molar refractivity (Wildman–Crippen MR) is 106 cm³/mol. The standard InChI is InChI=1S/C20H26N2O4S/c1-4-13-21-27(24,25)18-11-9-16(10-12-18)22-20(23)19(5-2)26-17-8-6-7-15(3)14-17/h6-12,14,19,21H,4-5,13H2,1-3H3,(H,22,23). The lowest BCUT2D eigenvalue weighted by Crippen LogP contribution is -2.32. The van der Waals surface area contributed by atoms with Crippen LogP contribution in [0.1, 0.15) is 32.3 Å². The molecule has 0 saturated heterocycles. The second-order valence-electron chi connectivity index (χ2n) is 6.24. The summed E-state index contributed by atoms with van der Waals surface area (Å²) in [6.45, 7) is 6.10. The summed E-state index contributed by atoms with van der Waals surface area (Å²) in [7, 11) is -3.52. The molecule has 146 valence electrons. The lowest BCUT2D eigenvalue weighted by Gasteiger charge is -2.17. The van der Waals surface area contributed by atoms with E-state index in [1.807, 2.05) is 45.0 Å². The molecular formula is C20H26N2O4S. The second kappa shape index (κ2) is 9.53. The van der Waals surface area contributed by atoms with Crippen molar-refractivity contribution in [3.05, 3.63) is 54.1 Å². The fourth-order valence-corrected chi connectivity index (χ4v) is 3.57. The number of hydrogen-bond acceptors (Lipinski definition) is 4. The summed E-state index contributed by atoms with van der Waals surface area (Å²) >= 11 is 0. The average molecular weight is 391 g/mol. The van der Waals surface area contributed by atoms with Crippen LogP contribution in [0, 0.1) is 6.92 Å². The minimum absolute atomic E-state index is 0.164. The number of sulfonamides is 1. The maximum absolute atomic E-state index is 12.5. The van der Waals surface area contributed by atoms with E-state index < -0.39 is 16.1 Å². The molecule has 0 heterocycles. The lowest BCUT2D eigenvalue weighted by atomic mass is 10.2. The lowest BCUT2D eigenvalue weighted by molar-refractivity contribution is -0.122. The van der Waals surface area contributed by atoms with Gasteiger partial charge in [-0.2, -0.15) is 0 Å². The molecule has 1 amide bonds. The highest BCUT2D eigenvalue weighted by molar-refractivity contribution is 7.89. The van der Waals surface area contributed by atoms with Gasteiger partial charge in [0.2, 0.25) is 10.0 Å². The number of rotatable bonds is 9. The molecule has 0 spiro atoms. The first-order chi connectivity index (χ1) is 12.9. The molecule has 27 heavy (non-hydrogen) atoms. The third-order valence-electron chi connectivity index (χ3n) is 3.91. The first-order valence-electron chi connectivity index (χ1n) is 8.99. The van der Waals surface area contributed by atoms with Gasteiger partial charge in [-0.25, -0.2) is 13.1 Å². The van der Waals surface area contributed by atoms with Crippen molar-refractivity contribution in [3.63, 3.8) is 0 Å². The summed E-state index contributed by atoms with van der Waals surface area (Å²) in [5, 5.41) is 2.77. The maximum atomic E-state index is 12.5. The zero-order chi connectivity index (χ0) is 19.9. The van der Waals surface area contributed by atoms with Gasteiger partial charge in [0.1, 0.15) is 5.75 Å². The van der Waals surface area contributed by atoms with E-state index in [1.165, 1.54) is 12.1 Å². The van der Waals surface area contributed by atoms with Crippen LogP contribution in [0.2, 0.25) is 0 Å². The van der Waals surface area contributed by atoms with E-state index in [4.69, 9.17) is 4.74 Å². The molecule has 0 aliphatic rings. The molecule has 7 heteroatoms. The number of aryl methyl sites for hydroxylation is 1. The smallest absolute Gasteiger partial charge is 0.265 e. The Labute approximate surface area is 161 Å². The van der Waals surface area contributed by atoms with Gasteiger partial charge in [-0.05, 0) is 61.7 Å². The van der Waals surface area contributed by atoms with Gasteiger partial charge in [-0.15, -0.1) is 0 Å². The largest absolute Gasteiger partial charge is 0.481 e. The Morgan fingerprint density at radius 1 is 1.11 bits per heavy atom. The van der Waals surface area contributed by atoms with E-state index in [9.17, 15) is 13.2 Å². The molecule has 2 N–H and O–H groups in total. The third kappa shape index (κ3) is 6.08. The molecular weight excluding hydrogens is 364 g/mol. The van der Waals surface area contributed by atoms with E-state index in [1.54, 1.807) is 12.1 Å². The number of nitrogens with one attached hydrogen (secondary N) is 2. The SMILES string of the molecule is CCCNS(=O)(=O)c1ccc(NC(=O)C(CC)Oc2cccc(C)c2)cc1. The summed E-state index contributed by atoms with van der Waals surface area (Å²) in [5.41, 5.74) is 1.57. The maximum Gasteiger partial charge on any atom is 0.265 e. The first-order valence-corrected chi connectivity index (χ1v) is 10.5. The van der Waals surface area contributed by atoms with Gasteiger partial charge in [-0.3, -0.25) is 4.79 Å². The van der Waals surface area contributed by atoms with Crippen molar-refractivity contribution in [2.75, 3.05) is 11.9 Å². The quantitative estimate of drug-likeness (QED) is 0.686. The second-order valence-corrected chi connectivity index (χ2v) is 8.01. The number of carbonyl (C=O) groups is 1. The van der Waals surface area contributed by atoms with Crippen LogP contribution in [0.5, 0.6) is 5.75 Å². The number of ether oxygens (including phenoxy) is 1. The molecule has 0 saturated carbocycles. The number of anilines is 1. The molecule has 0 fully saturated rings. The highest BCUT2D eigenvalue weighted by atomic mass is 32.2. The summed E-state index contributed by atoms with van der Waals surface area (Å²) in [6, 6.07) is 13.6. The minimum atomic E-state index is -3.52. The van der Waals surface area contributed by atoms with Gasteiger partial charge in [0.15, 0.2) is 6.10 Å². The van der Waals surface area contributed by atoms with Crippen molar-refractivity contribution in [2.24, 2.45) is 0 Å². The zero-order valence-corrected chi connectivity index (χ0v) is 16.7. The van der Waals surface area contributed by atoms with Gasteiger partial charge in [0.25, 0.3) is 5.91 Å². The van der Waals surface area contributed by atoms with Gasteiger partial charge < -0.3 is 10.1 Å². The minimum Gasteiger partial charge on any atom is -0.481 e. The fourth-order valence-electron chi connectivity index (χ4n) is 2.44. The normalized spacial score (nSPS) is 12.4. The van der Waals surface area contributed by atoms with Gasteiger partial charge in [0.05, 0.1) is 4.90 Å². The van der Waals surface area contributed by atoms with Crippen LogP contribution < -0.4 is 14.8 Å². The summed E-state index contributed by atoms with van der Waals surface area (Å²) in [5.74, 6) is 0.360. The molecule has 2 aromatic carbocycles. The summed E-state index contributed by atoms with van der Waals surface area (Å²) in [6.07, 6.45) is 0.585. The van der Waals surface area contributed by atoms with Crippen LogP contribution in [0.4, 0.5) is 5.69 Å². The Kier molecular flexibility index (Phi) is 7.38. The fraction of sp³-hybridized carbons (Fsp3) is 0.350. The van der Waals surface area contributed by atoms with Crippen LogP contribution >= 0.6 is 0 Å². The highest BCUT2D eigenvalue weighted by Crippen LogP contribution is 2.18. The van der Waals surface area contributed by atoms with Crippen molar-refractivity contribution >= 4 is 21.6 Å². The van der Waals surface area contributed by atoms with Crippen LogP contribution in [-0.4, -0.2) is 27.0 Å². The molecule has 6 nitrogen and oxygen atoms in total. The van der Waals surface area contributed by atoms with Crippen LogP contribution in [0.15, 0.2) is 53.4 Å². The van der Waals surface area contributed by atoms with Crippen molar-refractivity contribution in [2.45, 2.75) is 44.6 Å². The van der Waals surface area contributed by atoms with Gasteiger partial charge in [-0.1, -0.05) is 26.0 Å². The van der Waals surface area contributed by atoms with Crippen molar-refractivity contribution in [1.29, 1.82) is 0 Å². The Morgan fingerprint density at radius 2 is 1.81 bits per heavy atom. The predicted octanol–water partition coefficient (Wildman–Crippen LogP) is 3.48. The average Bonchev–Trinajstić information content (AvgIpc) is 2.65. The number of benzene rings is 2. The Hall–Kier alpha value is -2.38. The van der Waals surface area contributed by atoms with Crippen LogP contribution in [0.25, 0.3) is 0 Å². The van der Waals surface area contributed by atoms with Gasteiger partial charge in [0, 0.05) is 12.2 Å². The van der Waals surface area contributed by atoms with E-state index in [0.29, 0.717) is 30.8 Å². The molecule has 0 aliphatic carbocycles. The van der Waals surface area contributed by atoms with Gasteiger partial charge >= 0.3 is 0 Å². The van der Waals surface area contributed by atoms with E-state index in [0.717, 1.165) is 5.56 Å². The zero-order valence-electron chi connectivity index (χ0n) is 15.9. The number of hydrogen-bond donors (Lipinski definition) is 2. The van der Waals surface area contributed by atoms with Crippen molar-refractivity contribution in [3.8, 4) is 5.75 Å². The first kappa shape index (κ1) is 20.9. The molecule has 2 aromatic rings. The van der Waals surface area contributed by atoms with Crippen molar-refractivity contribution < 1.29 is 17.9 Å². The van der Waals surface area contributed by atoms with E-state index >= 15 is 0 Å². The van der Waals surface area contributed by atoms with Crippen LogP contribution in [-0.2, 0) is 14.8 Å². The number of amides is 1. The molecule has 1 atom stereocenters. The monoisotopic (exact) mass is 390 g/mol. The third-order valence-corrected chi connectivity index (χ3v) is 5.38.